The van der Waals surface area contributed by atoms with Crippen LogP contribution in [0.1, 0.15) is 57.3 Å². The van der Waals surface area contributed by atoms with Crippen molar-refractivity contribution in [3.05, 3.63) is 54.0 Å². The SMILES string of the molecule is COc1ccc(CN2C(=O)CCN(c3cnc(C)c4c3ccn4C3CCN(C(=O)OC(C)(C)C)CC3)C2=O)cc1.[Cu][I]. The summed E-state index contributed by atoms with van der Waals surface area (Å²) in [6, 6.07) is 9.22. The fraction of sp³-hybridized carbons (Fsp3) is 0.467. The predicted octanol–water partition coefficient (Wildman–Crippen LogP) is 6.17. The van der Waals surface area contributed by atoms with Gasteiger partial charge < -0.3 is 18.9 Å². The number of nitrogens with zero attached hydrogens (tertiary/aromatic N) is 5. The molecule has 2 aliphatic rings. The van der Waals surface area contributed by atoms with Gasteiger partial charge in [-0.2, -0.15) is 0 Å². The number of fused-ring (bicyclic) bond motifs is 1. The zero-order chi connectivity index (χ0) is 30.6. The molecular formula is C30H37CuIN5O5. The first-order valence-electron chi connectivity index (χ1n) is 13.9. The van der Waals surface area contributed by atoms with E-state index in [-0.39, 0.29) is 37.0 Å². The van der Waals surface area contributed by atoms with Gasteiger partial charge in [0.15, 0.2) is 0 Å². The van der Waals surface area contributed by atoms with Gasteiger partial charge >= 0.3 is 45.2 Å². The zero-order valence-electron chi connectivity index (χ0n) is 24.5. The van der Waals surface area contributed by atoms with E-state index in [0.29, 0.717) is 25.3 Å². The zero-order valence-corrected chi connectivity index (χ0v) is 27.6. The average molecular weight is 738 g/mol. The minimum atomic E-state index is -0.523. The Hall–Kier alpha value is -2.83. The second-order valence-corrected chi connectivity index (χ2v) is 11.4. The number of aryl methyl sites for hydroxylation is 1. The summed E-state index contributed by atoms with van der Waals surface area (Å²) in [5, 5.41) is 0.925. The van der Waals surface area contributed by atoms with Gasteiger partial charge in [-0.3, -0.25) is 19.6 Å². The first-order chi connectivity index (χ1) is 20.1. The summed E-state index contributed by atoms with van der Waals surface area (Å²) in [6.45, 7) is 9.30. The molecule has 2 aliphatic heterocycles. The van der Waals surface area contributed by atoms with Crippen LogP contribution in [0.15, 0.2) is 42.7 Å². The van der Waals surface area contributed by atoms with E-state index in [1.54, 1.807) is 43.5 Å². The minimum absolute atomic E-state index is 0.192. The molecule has 1 aromatic carbocycles. The van der Waals surface area contributed by atoms with Gasteiger partial charge in [-0.15, -0.1) is 0 Å². The number of hydrogen-bond donors (Lipinski definition) is 0. The third-order valence-corrected chi connectivity index (χ3v) is 7.53. The summed E-state index contributed by atoms with van der Waals surface area (Å²) in [5.74, 6) is 0.525. The number of ether oxygens (including phenoxy) is 2. The Morgan fingerprint density at radius 1 is 1.07 bits per heavy atom. The molecular weight excluding hydrogens is 701 g/mol. The number of pyridine rings is 1. The average Bonchev–Trinajstić information content (AvgIpc) is 3.43. The molecule has 2 saturated heterocycles. The van der Waals surface area contributed by atoms with Gasteiger partial charge in [0.1, 0.15) is 11.4 Å². The molecule has 0 N–H and O–H groups in total. The summed E-state index contributed by atoms with van der Waals surface area (Å²) in [5.41, 5.74) is 2.86. The monoisotopic (exact) mass is 737 g/mol. The third-order valence-electron chi connectivity index (χ3n) is 7.53. The van der Waals surface area contributed by atoms with Gasteiger partial charge in [-0.1, -0.05) is 12.1 Å². The summed E-state index contributed by atoms with van der Waals surface area (Å²) in [6.07, 6.45) is 5.32. The molecule has 230 valence electrons. The molecule has 2 fully saturated rings. The first kappa shape index (κ1) is 32.1. The van der Waals surface area contributed by atoms with Crippen LogP contribution in [0.5, 0.6) is 5.75 Å². The summed E-state index contributed by atoms with van der Waals surface area (Å²) in [7, 11) is 1.60. The fourth-order valence-electron chi connectivity index (χ4n) is 5.48. The van der Waals surface area contributed by atoms with Gasteiger partial charge in [0.05, 0.1) is 36.7 Å². The van der Waals surface area contributed by atoms with E-state index in [2.05, 4.69) is 22.3 Å². The van der Waals surface area contributed by atoms with Crippen LogP contribution in [-0.2, 0) is 28.8 Å². The van der Waals surface area contributed by atoms with Crippen molar-refractivity contribution in [2.75, 3.05) is 31.6 Å². The normalized spacial score (nSPS) is 16.4. The Kier molecular flexibility index (Phi) is 10.4. The quantitative estimate of drug-likeness (QED) is 0.230. The van der Waals surface area contributed by atoms with Crippen LogP contribution >= 0.6 is 20.3 Å². The molecule has 12 heteroatoms. The number of amides is 4. The Labute approximate surface area is 266 Å². The third kappa shape index (κ3) is 7.03. The van der Waals surface area contributed by atoms with Crippen LogP contribution in [0, 0.1) is 6.92 Å². The van der Waals surface area contributed by atoms with Crippen molar-refractivity contribution < 1.29 is 36.6 Å². The number of hydrogen-bond acceptors (Lipinski definition) is 6. The number of aromatic nitrogens is 2. The molecule has 4 heterocycles. The van der Waals surface area contributed by atoms with Crippen molar-refractivity contribution in [1.82, 2.24) is 19.4 Å². The molecule has 2 aromatic heterocycles. The van der Waals surface area contributed by atoms with E-state index in [1.165, 1.54) is 4.90 Å². The summed E-state index contributed by atoms with van der Waals surface area (Å²) < 4.78 is 13.0. The number of methoxy groups -OCH3 is 1. The van der Waals surface area contributed by atoms with E-state index in [4.69, 9.17) is 9.47 Å². The van der Waals surface area contributed by atoms with E-state index in [0.717, 1.165) is 40.8 Å². The van der Waals surface area contributed by atoms with Gasteiger partial charge in [-0.05, 0) is 64.3 Å². The number of likely N-dealkylation sites (tertiary alicyclic amines) is 1. The molecule has 4 amide bonds. The van der Waals surface area contributed by atoms with E-state index in [9.17, 15) is 14.4 Å². The maximum absolute atomic E-state index is 13.6. The van der Waals surface area contributed by atoms with Gasteiger partial charge in [0.25, 0.3) is 0 Å². The molecule has 10 nitrogen and oxygen atoms in total. The Morgan fingerprint density at radius 2 is 1.74 bits per heavy atom. The van der Waals surface area contributed by atoms with Crippen LogP contribution in [0.4, 0.5) is 15.3 Å². The topological polar surface area (TPSA) is 97.2 Å². The van der Waals surface area contributed by atoms with Gasteiger partial charge in [0.2, 0.25) is 5.91 Å². The number of anilines is 1. The van der Waals surface area contributed by atoms with Crippen LogP contribution in [-0.4, -0.2) is 69.7 Å². The molecule has 42 heavy (non-hydrogen) atoms. The summed E-state index contributed by atoms with van der Waals surface area (Å²) in [4.78, 5) is 48.3. The van der Waals surface area contributed by atoms with Crippen molar-refractivity contribution in [2.45, 2.75) is 65.1 Å². The molecule has 0 unspecified atom stereocenters. The Morgan fingerprint density at radius 3 is 2.36 bits per heavy atom. The first-order valence-corrected chi connectivity index (χ1v) is 16.9. The Bertz CT molecular complexity index is 1430. The molecule has 0 aliphatic carbocycles. The van der Waals surface area contributed by atoms with Crippen molar-refractivity contribution in [1.29, 1.82) is 0 Å². The number of benzene rings is 1. The number of piperidine rings is 1. The van der Waals surface area contributed by atoms with E-state index < -0.39 is 5.60 Å². The van der Waals surface area contributed by atoms with Gasteiger partial charge in [-0.25, -0.2) is 9.59 Å². The van der Waals surface area contributed by atoms with Crippen molar-refractivity contribution in [2.24, 2.45) is 0 Å². The molecule has 0 spiro atoms. The number of rotatable bonds is 5. The van der Waals surface area contributed by atoms with Crippen LogP contribution in [0.2, 0.25) is 0 Å². The second-order valence-electron chi connectivity index (χ2n) is 11.4. The number of urea groups is 1. The predicted molar refractivity (Wildman–Crippen MR) is 165 cm³/mol. The number of halogens is 1. The number of carbonyl (C=O) groups excluding carboxylic acids is 3. The molecule has 3 aromatic rings. The van der Waals surface area contributed by atoms with Crippen molar-refractivity contribution in [3.8, 4) is 5.75 Å². The molecule has 0 radical (unpaired) electrons. The fourth-order valence-corrected chi connectivity index (χ4v) is 5.48. The number of imide groups is 1. The Balaban J connectivity index is 0.00000198. The summed E-state index contributed by atoms with van der Waals surface area (Å²) >= 11 is 5.87. The van der Waals surface area contributed by atoms with Crippen LogP contribution < -0.4 is 9.64 Å². The standard InChI is InChI=1S/C30H37N5O5.Cu.HI/c1-20-27-24(12-16-33(27)22-10-14-32(15-11-22)29(38)40-30(2,3)4)25(18-31-20)34-17-13-26(36)35(28(34)37)19-21-6-8-23(39-5)9-7-21;;/h6-9,12,16,18,22H,10-11,13-15,17,19H2,1-5H3;;1H/q;+1;/p-1. The molecule has 0 atom stereocenters. The molecule has 0 saturated carbocycles. The molecule has 0 bridgehead atoms. The van der Waals surface area contributed by atoms with Crippen LogP contribution in [0.3, 0.4) is 0 Å². The molecule has 5 rings (SSSR count). The number of carbonyl (C=O) groups is 3. The second kappa shape index (κ2) is 13.6. The van der Waals surface area contributed by atoms with Gasteiger partial charge in [0, 0.05) is 43.7 Å². The van der Waals surface area contributed by atoms with Crippen molar-refractivity contribution in [3.63, 3.8) is 0 Å². The van der Waals surface area contributed by atoms with Crippen molar-refractivity contribution >= 4 is 55.0 Å². The van der Waals surface area contributed by atoms with Crippen LogP contribution in [0.25, 0.3) is 10.9 Å². The van der Waals surface area contributed by atoms with E-state index >= 15 is 0 Å². The maximum atomic E-state index is 13.6. The van der Waals surface area contributed by atoms with E-state index in [1.807, 2.05) is 64.2 Å².